The maximum Gasteiger partial charge on any atom is 0.272 e. The maximum atomic E-state index is 11.3. The Kier molecular flexibility index (Phi) is 1.98. The van der Waals surface area contributed by atoms with Crippen LogP contribution in [0.5, 0.6) is 0 Å². The van der Waals surface area contributed by atoms with E-state index in [1.807, 2.05) is 0 Å². The van der Waals surface area contributed by atoms with Gasteiger partial charge < -0.3 is 0 Å². The highest BCUT2D eigenvalue weighted by Gasteiger charge is 2.03. The van der Waals surface area contributed by atoms with Crippen molar-refractivity contribution in [3.05, 3.63) is 51.2 Å². The van der Waals surface area contributed by atoms with Crippen molar-refractivity contribution in [2.75, 3.05) is 0 Å². The van der Waals surface area contributed by atoms with Crippen LogP contribution in [0.25, 0.3) is 11.3 Å². The molecule has 0 bridgehead atoms. The van der Waals surface area contributed by atoms with E-state index in [2.05, 4.69) is 15.2 Å². The fraction of sp³-hybridized carbons (Fsp3) is 0. The Bertz CT molecular complexity index is 542. The van der Waals surface area contributed by atoms with Crippen molar-refractivity contribution in [3.63, 3.8) is 0 Å². The van der Waals surface area contributed by atoms with Crippen LogP contribution in [0.1, 0.15) is 0 Å². The average molecular weight is 189 g/mol. The molecule has 0 unspecified atom stereocenters. The van der Waals surface area contributed by atoms with Gasteiger partial charge in [-0.3, -0.25) is 24.8 Å². The van der Waals surface area contributed by atoms with Crippen LogP contribution in [0, 0.1) is 0 Å². The quantitative estimate of drug-likeness (QED) is 0.669. The molecule has 70 valence electrons. The van der Waals surface area contributed by atoms with Crippen LogP contribution in [-0.2, 0) is 0 Å². The molecular formula is C9H7N3O2. The molecule has 2 N–H and O–H groups in total. The predicted octanol–water partition coefficient (Wildman–Crippen LogP) is 0.125. The van der Waals surface area contributed by atoms with Crippen LogP contribution < -0.4 is 11.1 Å². The second-order valence-electron chi connectivity index (χ2n) is 2.72. The molecule has 0 aliphatic rings. The third-order valence-corrected chi connectivity index (χ3v) is 1.76. The van der Waals surface area contributed by atoms with Gasteiger partial charge in [0.1, 0.15) is 0 Å². The summed E-state index contributed by atoms with van der Waals surface area (Å²) in [4.78, 5) is 26.2. The van der Waals surface area contributed by atoms with Crippen molar-refractivity contribution in [1.29, 1.82) is 0 Å². The van der Waals surface area contributed by atoms with Gasteiger partial charge in [-0.15, -0.1) is 0 Å². The Morgan fingerprint density at radius 1 is 1.14 bits per heavy atom. The minimum atomic E-state index is -0.358. The Labute approximate surface area is 78.4 Å². The van der Waals surface area contributed by atoms with Gasteiger partial charge in [0.15, 0.2) is 0 Å². The molecule has 0 aromatic carbocycles. The molecule has 2 rings (SSSR count). The van der Waals surface area contributed by atoms with Crippen molar-refractivity contribution in [3.8, 4) is 11.3 Å². The van der Waals surface area contributed by atoms with E-state index in [0.29, 0.717) is 5.69 Å². The highest BCUT2D eigenvalue weighted by atomic mass is 16.1. The number of pyridine rings is 1. The molecule has 5 heteroatoms. The zero-order valence-electron chi connectivity index (χ0n) is 7.15. The van der Waals surface area contributed by atoms with Crippen LogP contribution in [0.15, 0.2) is 40.1 Å². The summed E-state index contributed by atoms with van der Waals surface area (Å²) in [5.74, 6) is 0. The van der Waals surface area contributed by atoms with Gasteiger partial charge in [-0.05, 0) is 12.1 Å². The van der Waals surface area contributed by atoms with Crippen LogP contribution >= 0.6 is 0 Å². The lowest BCUT2D eigenvalue weighted by Crippen LogP contribution is -2.19. The lowest BCUT2D eigenvalue weighted by Gasteiger charge is -1.96. The van der Waals surface area contributed by atoms with E-state index in [9.17, 15) is 9.59 Å². The molecule has 2 aromatic rings. The van der Waals surface area contributed by atoms with Crippen molar-refractivity contribution < 1.29 is 0 Å². The van der Waals surface area contributed by atoms with Gasteiger partial charge in [0, 0.05) is 12.3 Å². The number of hydrogen-bond acceptors (Lipinski definition) is 3. The molecule has 0 spiro atoms. The van der Waals surface area contributed by atoms with Crippen LogP contribution in [0.2, 0.25) is 0 Å². The van der Waals surface area contributed by atoms with Crippen molar-refractivity contribution in [1.82, 2.24) is 15.2 Å². The Balaban J connectivity index is 2.69. The summed E-state index contributed by atoms with van der Waals surface area (Å²) < 4.78 is 0. The SMILES string of the molecule is O=c1cc(-c2ccccn2)c(=O)[nH][nH]1. The first-order chi connectivity index (χ1) is 6.77. The lowest BCUT2D eigenvalue weighted by atomic mass is 10.2. The van der Waals surface area contributed by atoms with Gasteiger partial charge in [-0.1, -0.05) is 6.07 Å². The van der Waals surface area contributed by atoms with Gasteiger partial charge in [0.05, 0.1) is 11.3 Å². The van der Waals surface area contributed by atoms with Gasteiger partial charge >= 0.3 is 0 Å². The molecule has 0 aliphatic heterocycles. The molecule has 14 heavy (non-hydrogen) atoms. The Hall–Kier alpha value is -2.17. The maximum absolute atomic E-state index is 11.3. The molecule has 2 heterocycles. The van der Waals surface area contributed by atoms with Gasteiger partial charge in [-0.2, -0.15) is 0 Å². The fourth-order valence-electron chi connectivity index (χ4n) is 1.13. The number of H-pyrrole nitrogens is 2. The first-order valence-corrected chi connectivity index (χ1v) is 4.01. The second kappa shape index (κ2) is 3.29. The lowest BCUT2D eigenvalue weighted by molar-refractivity contribution is 0.952. The van der Waals surface area contributed by atoms with E-state index < -0.39 is 0 Å². The summed E-state index contributed by atoms with van der Waals surface area (Å²) >= 11 is 0. The highest BCUT2D eigenvalue weighted by Crippen LogP contribution is 2.07. The standard InChI is InChI=1S/C9H7N3O2/c13-8-5-6(9(14)12-11-8)7-3-1-2-4-10-7/h1-5H,(H,11,13)(H,12,14). The summed E-state index contributed by atoms with van der Waals surface area (Å²) in [5.41, 5.74) is 0.0442. The van der Waals surface area contributed by atoms with Crippen molar-refractivity contribution >= 4 is 0 Å². The highest BCUT2D eigenvalue weighted by molar-refractivity contribution is 5.56. The third-order valence-electron chi connectivity index (χ3n) is 1.76. The van der Waals surface area contributed by atoms with E-state index >= 15 is 0 Å². The van der Waals surface area contributed by atoms with E-state index in [1.54, 1.807) is 24.4 Å². The molecule has 2 aromatic heterocycles. The average Bonchev–Trinajstić information content (AvgIpc) is 2.23. The van der Waals surface area contributed by atoms with E-state index in [4.69, 9.17) is 0 Å². The van der Waals surface area contributed by atoms with Crippen LogP contribution in [0.3, 0.4) is 0 Å². The molecule has 0 fully saturated rings. The second-order valence-corrected chi connectivity index (χ2v) is 2.72. The molecule has 0 saturated carbocycles. The molecule has 0 aliphatic carbocycles. The molecule has 0 saturated heterocycles. The zero-order chi connectivity index (χ0) is 9.97. The van der Waals surface area contributed by atoms with Crippen molar-refractivity contribution in [2.24, 2.45) is 0 Å². The first-order valence-electron chi connectivity index (χ1n) is 4.01. The van der Waals surface area contributed by atoms with Crippen LogP contribution in [0.4, 0.5) is 0 Å². The topological polar surface area (TPSA) is 78.6 Å². The summed E-state index contributed by atoms with van der Waals surface area (Å²) in [6, 6.07) is 6.39. The van der Waals surface area contributed by atoms with E-state index in [1.165, 1.54) is 6.07 Å². The molecule has 5 nitrogen and oxygen atoms in total. The largest absolute Gasteiger partial charge is 0.272 e. The summed E-state index contributed by atoms with van der Waals surface area (Å²) in [5, 5.41) is 4.42. The Morgan fingerprint density at radius 2 is 2.00 bits per heavy atom. The smallest absolute Gasteiger partial charge is 0.268 e. The number of rotatable bonds is 1. The number of aromatic amines is 2. The number of hydrogen-bond donors (Lipinski definition) is 2. The molecule has 0 atom stereocenters. The third kappa shape index (κ3) is 1.47. The molecule has 0 radical (unpaired) electrons. The molecule has 0 amide bonds. The summed E-state index contributed by atoms with van der Waals surface area (Å²) in [6.45, 7) is 0. The normalized spacial score (nSPS) is 10.0. The summed E-state index contributed by atoms with van der Waals surface area (Å²) in [7, 11) is 0. The van der Waals surface area contributed by atoms with Gasteiger partial charge in [0.25, 0.3) is 11.1 Å². The first kappa shape index (κ1) is 8.43. The monoisotopic (exact) mass is 189 g/mol. The van der Waals surface area contributed by atoms with E-state index in [0.717, 1.165) is 0 Å². The van der Waals surface area contributed by atoms with Gasteiger partial charge in [-0.25, -0.2) is 0 Å². The Morgan fingerprint density at radius 3 is 2.71 bits per heavy atom. The minimum Gasteiger partial charge on any atom is -0.268 e. The van der Waals surface area contributed by atoms with Crippen LogP contribution in [-0.4, -0.2) is 15.2 Å². The zero-order valence-corrected chi connectivity index (χ0v) is 7.15. The minimum absolute atomic E-state index is 0.273. The summed E-state index contributed by atoms with van der Waals surface area (Å²) in [6.07, 6.45) is 1.57. The van der Waals surface area contributed by atoms with E-state index in [-0.39, 0.29) is 16.7 Å². The number of nitrogens with zero attached hydrogens (tertiary/aromatic N) is 1. The fourth-order valence-corrected chi connectivity index (χ4v) is 1.13. The van der Waals surface area contributed by atoms with Gasteiger partial charge in [0.2, 0.25) is 0 Å². The predicted molar refractivity (Wildman–Crippen MR) is 50.9 cm³/mol. The molecular weight excluding hydrogens is 182 g/mol. The number of aromatic nitrogens is 3. The van der Waals surface area contributed by atoms with Crippen molar-refractivity contribution in [2.45, 2.75) is 0 Å². The number of nitrogens with one attached hydrogen (secondary N) is 2.